The van der Waals surface area contributed by atoms with Gasteiger partial charge in [-0.2, -0.15) is 4.39 Å². The molecular formula is C15H19FN2O3. The molecule has 2 atom stereocenters. The molecule has 1 amide bonds. The molecule has 0 bridgehead atoms. The van der Waals surface area contributed by atoms with Gasteiger partial charge in [-0.3, -0.25) is 14.9 Å². The lowest BCUT2D eigenvalue weighted by atomic mass is 9.83. The molecule has 1 aromatic rings. The van der Waals surface area contributed by atoms with E-state index in [4.69, 9.17) is 0 Å². The summed E-state index contributed by atoms with van der Waals surface area (Å²) in [5.41, 5.74) is -0.492. The van der Waals surface area contributed by atoms with Crippen LogP contribution in [0.3, 0.4) is 0 Å². The lowest BCUT2D eigenvalue weighted by Gasteiger charge is -2.31. The average Bonchev–Trinajstić information content (AvgIpc) is 2.47. The smallest absolute Gasteiger partial charge is 0.304 e. The van der Waals surface area contributed by atoms with E-state index in [2.05, 4.69) is 12.2 Å². The SMILES string of the molecule is CCC1CCCCC1NC(=O)c1ccc([N+](=O)[O-])c(F)c1. The number of nitro benzene ring substituents is 1. The summed E-state index contributed by atoms with van der Waals surface area (Å²) < 4.78 is 13.6. The zero-order valence-electron chi connectivity index (χ0n) is 12.0. The first-order valence-corrected chi connectivity index (χ1v) is 7.27. The summed E-state index contributed by atoms with van der Waals surface area (Å²) in [6.45, 7) is 2.10. The summed E-state index contributed by atoms with van der Waals surface area (Å²) in [4.78, 5) is 21.9. The number of carbonyl (C=O) groups excluding carboxylic acids is 1. The molecule has 1 aliphatic rings. The molecule has 0 heterocycles. The van der Waals surface area contributed by atoms with Crippen molar-refractivity contribution < 1.29 is 14.1 Å². The quantitative estimate of drug-likeness (QED) is 0.683. The average molecular weight is 294 g/mol. The van der Waals surface area contributed by atoms with Crippen LogP contribution in [0.4, 0.5) is 10.1 Å². The van der Waals surface area contributed by atoms with Crippen molar-refractivity contribution in [2.45, 2.75) is 45.1 Å². The van der Waals surface area contributed by atoms with Crippen molar-refractivity contribution >= 4 is 11.6 Å². The van der Waals surface area contributed by atoms with E-state index in [9.17, 15) is 19.3 Å². The molecule has 1 N–H and O–H groups in total. The third kappa shape index (κ3) is 3.56. The Kier molecular flexibility index (Phi) is 4.88. The van der Waals surface area contributed by atoms with Crippen molar-refractivity contribution in [1.29, 1.82) is 0 Å². The van der Waals surface area contributed by atoms with Gasteiger partial charge in [-0.25, -0.2) is 0 Å². The molecule has 6 heteroatoms. The number of hydrogen-bond donors (Lipinski definition) is 1. The van der Waals surface area contributed by atoms with Crippen molar-refractivity contribution in [3.05, 3.63) is 39.7 Å². The van der Waals surface area contributed by atoms with E-state index in [0.717, 1.165) is 37.8 Å². The lowest BCUT2D eigenvalue weighted by molar-refractivity contribution is -0.387. The van der Waals surface area contributed by atoms with Gasteiger partial charge >= 0.3 is 5.69 Å². The Labute approximate surface area is 122 Å². The van der Waals surface area contributed by atoms with Crippen LogP contribution in [-0.4, -0.2) is 16.9 Å². The Bertz CT molecular complexity index is 548. The van der Waals surface area contributed by atoms with Gasteiger partial charge in [0.15, 0.2) is 0 Å². The second-order valence-electron chi connectivity index (χ2n) is 5.46. The minimum atomic E-state index is -0.983. The third-order valence-corrected chi connectivity index (χ3v) is 4.16. The van der Waals surface area contributed by atoms with Crippen molar-refractivity contribution in [2.24, 2.45) is 5.92 Å². The molecule has 1 aromatic carbocycles. The first-order chi connectivity index (χ1) is 10.0. The fourth-order valence-electron chi connectivity index (χ4n) is 2.93. The van der Waals surface area contributed by atoms with E-state index in [1.807, 2.05) is 0 Å². The van der Waals surface area contributed by atoms with Crippen molar-refractivity contribution in [3.63, 3.8) is 0 Å². The molecule has 1 aliphatic carbocycles. The van der Waals surface area contributed by atoms with Crippen LogP contribution in [0.5, 0.6) is 0 Å². The van der Waals surface area contributed by atoms with Crippen LogP contribution in [0, 0.1) is 21.8 Å². The maximum absolute atomic E-state index is 13.6. The predicted octanol–water partition coefficient (Wildman–Crippen LogP) is 3.43. The summed E-state index contributed by atoms with van der Waals surface area (Å²) in [6.07, 6.45) is 5.28. The zero-order valence-corrected chi connectivity index (χ0v) is 12.0. The molecule has 0 aromatic heterocycles. The van der Waals surface area contributed by atoms with Crippen LogP contribution in [0.15, 0.2) is 18.2 Å². The Balaban J connectivity index is 2.09. The first-order valence-electron chi connectivity index (χ1n) is 7.27. The van der Waals surface area contributed by atoms with Crippen molar-refractivity contribution in [2.75, 3.05) is 0 Å². The van der Waals surface area contributed by atoms with E-state index in [-0.39, 0.29) is 17.5 Å². The summed E-state index contributed by atoms with van der Waals surface area (Å²) in [6, 6.07) is 3.36. The van der Waals surface area contributed by atoms with Crippen molar-refractivity contribution in [1.82, 2.24) is 5.32 Å². The number of rotatable bonds is 4. The molecule has 0 aliphatic heterocycles. The van der Waals surface area contributed by atoms with Gasteiger partial charge in [0.25, 0.3) is 5.91 Å². The molecule has 114 valence electrons. The summed E-state index contributed by atoms with van der Waals surface area (Å²) >= 11 is 0. The van der Waals surface area contributed by atoms with Gasteiger partial charge in [-0.15, -0.1) is 0 Å². The largest absolute Gasteiger partial charge is 0.349 e. The van der Waals surface area contributed by atoms with Crippen LogP contribution in [0.2, 0.25) is 0 Å². The normalized spacial score (nSPS) is 21.8. The Hall–Kier alpha value is -1.98. The van der Waals surface area contributed by atoms with Crippen LogP contribution in [-0.2, 0) is 0 Å². The third-order valence-electron chi connectivity index (χ3n) is 4.16. The minimum absolute atomic E-state index is 0.106. The maximum atomic E-state index is 13.6. The number of halogens is 1. The number of amides is 1. The van der Waals surface area contributed by atoms with Gasteiger partial charge in [0, 0.05) is 17.7 Å². The molecule has 0 saturated heterocycles. The van der Waals surface area contributed by atoms with E-state index < -0.39 is 16.4 Å². The van der Waals surface area contributed by atoms with Crippen LogP contribution < -0.4 is 5.32 Å². The molecule has 0 spiro atoms. The monoisotopic (exact) mass is 294 g/mol. The van der Waals surface area contributed by atoms with Gasteiger partial charge in [0.05, 0.1) is 4.92 Å². The molecule has 1 fully saturated rings. The summed E-state index contributed by atoms with van der Waals surface area (Å²) in [7, 11) is 0. The predicted molar refractivity (Wildman–Crippen MR) is 76.6 cm³/mol. The van der Waals surface area contributed by atoms with E-state index in [1.54, 1.807) is 0 Å². The number of hydrogen-bond acceptors (Lipinski definition) is 3. The molecule has 5 nitrogen and oxygen atoms in total. The van der Waals surface area contributed by atoms with Crippen LogP contribution in [0.1, 0.15) is 49.4 Å². The summed E-state index contributed by atoms with van der Waals surface area (Å²) in [5, 5.41) is 13.5. The molecule has 21 heavy (non-hydrogen) atoms. The zero-order chi connectivity index (χ0) is 15.4. The second kappa shape index (κ2) is 6.65. The molecule has 1 saturated carbocycles. The van der Waals surface area contributed by atoms with Gasteiger partial charge in [-0.05, 0) is 30.9 Å². The van der Waals surface area contributed by atoms with Crippen LogP contribution in [0.25, 0.3) is 0 Å². The maximum Gasteiger partial charge on any atom is 0.304 e. The lowest BCUT2D eigenvalue weighted by Crippen LogP contribution is -2.41. The number of nitrogens with one attached hydrogen (secondary N) is 1. The highest BCUT2D eigenvalue weighted by molar-refractivity contribution is 5.94. The van der Waals surface area contributed by atoms with Gasteiger partial charge in [0.1, 0.15) is 0 Å². The van der Waals surface area contributed by atoms with Gasteiger partial charge < -0.3 is 5.32 Å². The Morgan fingerprint density at radius 3 is 2.76 bits per heavy atom. The molecule has 2 rings (SSSR count). The van der Waals surface area contributed by atoms with E-state index in [1.165, 1.54) is 12.5 Å². The number of nitro groups is 1. The number of carbonyl (C=O) groups is 1. The van der Waals surface area contributed by atoms with Gasteiger partial charge in [-0.1, -0.05) is 26.2 Å². The Morgan fingerprint density at radius 1 is 1.43 bits per heavy atom. The summed E-state index contributed by atoms with van der Waals surface area (Å²) in [5.74, 6) is -0.900. The fourth-order valence-corrected chi connectivity index (χ4v) is 2.93. The highest BCUT2D eigenvalue weighted by Crippen LogP contribution is 2.27. The van der Waals surface area contributed by atoms with E-state index in [0.29, 0.717) is 5.92 Å². The van der Waals surface area contributed by atoms with Crippen molar-refractivity contribution in [3.8, 4) is 0 Å². The molecule has 2 unspecified atom stereocenters. The fraction of sp³-hybridized carbons (Fsp3) is 0.533. The highest BCUT2D eigenvalue weighted by atomic mass is 19.1. The first kappa shape index (κ1) is 15.4. The van der Waals surface area contributed by atoms with E-state index >= 15 is 0 Å². The van der Waals surface area contributed by atoms with Crippen LogP contribution >= 0.6 is 0 Å². The standard InChI is InChI=1S/C15H19FN2O3/c1-2-10-5-3-4-6-13(10)17-15(19)11-7-8-14(18(20)21)12(16)9-11/h7-10,13H,2-6H2,1H3,(H,17,19). The number of benzene rings is 1. The number of nitrogens with zero attached hydrogens (tertiary/aromatic N) is 1. The minimum Gasteiger partial charge on any atom is -0.349 e. The highest BCUT2D eigenvalue weighted by Gasteiger charge is 2.26. The molecule has 0 radical (unpaired) electrons. The Morgan fingerprint density at radius 2 is 2.14 bits per heavy atom. The second-order valence-corrected chi connectivity index (χ2v) is 5.46. The topological polar surface area (TPSA) is 72.2 Å². The molecular weight excluding hydrogens is 275 g/mol. The van der Waals surface area contributed by atoms with Gasteiger partial charge in [0.2, 0.25) is 5.82 Å².